The fraction of sp³-hybridized carbons (Fsp3) is 0.344. The van der Waals surface area contributed by atoms with Crippen LogP contribution in [0.25, 0.3) is 5.65 Å². The molecule has 2 fully saturated rings. The number of carboxylic acid groups (broad SMARTS) is 1. The molecule has 6 heterocycles. The van der Waals surface area contributed by atoms with Gasteiger partial charge in [-0.05, 0) is 43.6 Å². The standard InChI is InChI=1S/C32H33ClFN11O6S2/c1-50-40-24(22-15-53-32(36)38-22)28(46)39-25-29(47)45-26(31(48)49)17(14-52-30(25)45)12-43-7-4-23-42(8-9-44(23)43)13-19-20(33)10-16(11-21(19)34)27(35)41-51-18-2-5-37-6-3-18/h4,7-11,15,18,25,30,37H,2-3,5-6,12-14H2,1H3,(H5-,35,36,38,39,41,46,48,49)/p+1/b40-24-/t25-,30-/m1/s1. The number of aliphatic carboxylic acids is 1. The number of rotatable bonds is 12. The Labute approximate surface area is 314 Å². The van der Waals surface area contributed by atoms with Gasteiger partial charge in [0.2, 0.25) is 0 Å². The Kier molecular flexibility index (Phi) is 10.3. The van der Waals surface area contributed by atoms with Gasteiger partial charge >= 0.3 is 11.6 Å². The minimum Gasteiger partial charge on any atom is -0.477 e. The number of hydrogen-bond donors (Lipinski definition) is 5. The third-order valence-corrected chi connectivity index (χ3v) is 11.3. The summed E-state index contributed by atoms with van der Waals surface area (Å²) in [4.78, 5) is 54.6. The first-order valence-electron chi connectivity index (χ1n) is 16.3. The number of benzene rings is 1. The number of hydrogen-bond acceptors (Lipinski definition) is 12. The van der Waals surface area contributed by atoms with Gasteiger partial charge in [0.1, 0.15) is 54.6 Å². The van der Waals surface area contributed by atoms with E-state index in [-0.39, 0.29) is 63.6 Å². The van der Waals surface area contributed by atoms with Crippen LogP contribution in [0.3, 0.4) is 0 Å². The lowest BCUT2D eigenvalue weighted by Crippen LogP contribution is -2.71. The normalized spacial score (nSPS) is 19.7. The maximum Gasteiger partial charge on any atom is 0.352 e. The molecule has 0 bridgehead atoms. The second kappa shape index (κ2) is 15.0. The highest BCUT2D eigenvalue weighted by Gasteiger charge is 2.54. The summed E-state index contributed by atoms with van der Waals surface area (Å²) in [6.45, 7) is 1.88. The summed E-state index contributed by atoms with van der Waals surface area (Å²) in [6.07, 6.45) is 6.81. The zero-order valence-corrected chi connectivity index (χ0v) is 30.5. The van der Waals surface area contributed by atoms with E-state index in [2.05, 4.69) is 25.9 Å². The van der Waals surface area contributed by atoms with E-state index < -0.39 is 35.0 Å². The SMILES string of the molecule is CO/N=C(\C(=O)N[C@@H]1C(=O)N2C(C(=O)O)=C(Cn3ccc4n3cc[n+]4Cc3c(F)cc(/C(N)=N/OC4CCNCC4)cc3Cl)CS[C@H]12)c1csc(N)n1. The van der Waals surface area contributed by atoms with E-state index in [0.717, 1.165) is 37.3 Å². The van der Waals surface area contributed by atoms with Gasteiger partial charge in [-0.25, -0.2) is 23.4 Å². The van der Waals surface area contributed by atoms with E-state index >= 15 is 4.39 Å². The number of amides is 2. The molecule has 7 rings (SSSR count). The highest BCUT2D eigenvalue weighted by atomic mass is 35.5. The Morgan fingerprint density at radius 2 is 2.06 bits per heavy atom. The molecule has 2 atom stereocenters. The van der Waals surface area contributed by atoms with Crippen LogP contribution in [0.1, 0.15) is 29.7 Å². The summed E-state index contributed by atoms with van der Waals surface area (Å²) >= 11 is 8.99. The van der Waals surface area contributed by atoms with Gasteiger partial charge in [-0.2, -0.15) is 0 Å². The van der Waals surface area contributed by atoms with Crippen LogP contribution in [-0.4, -0.2) is 97.0 Å². The zero-order valence-electron chi connectivity index (χ0n) is 28.1. The number of aromatic nitrogens is 4. The van der Waals surface area contributed by atoms with E-state index in [9.17, 15) is 19.5 Å². The van der Waals surface area contributed by atoms with Crippen LogP contribution in [0.15, 0.2) is 63.8 Å². The number of thioether (sulfide) groups is 1. The number of nitrogens with two attached hydrogens (primary N) is 2. The van der Waals surface area contributed by atoms with Crippen molar-refractivity contribution in [2.45, 2.75) is 43.5 Å². The highest BCUT2D eigenvalue weighted by Crippen LogP contribution is 2.41. The Balaban J connectivity index is 1.05. The number of nitrogen functional groups attached to an aromatic ring is 1. The lowest BCUT2D eigenvalue weighted by atomic mass is 10.0. The summed E-state index contributed by atoms with van der Waals surface area (Å²) in [5.74, 6) is -2.83. The predicted molar refractivity (Wildman–Crippen MR) is 194 cm³/mol. The third kappa shape index (κ3) is 7.13. The molecular weight excluding hydrogens is 753 g/mol. The van der Waals surface area contributed by atoms with Crippen molar-refractivity contribution in [2.24, 2.45) is 16.0 Å². The summed E-state index contributed by atoms with van der Waals surface area (Å²) in [5, 5.41) is 25.1. The van der Waals surface area contributed by atoms with Gasteiger partial charge in [-0.15, -0.1) is 27.6 Å². The maximum absolute atomic E-state index is 15.4. The molecule has 3 aliphatic rings. The van der Waals surface area contributed by atoms with Crippen molar-refractivity contribution in [1.29, 1.82) is 0 Å². The van der Waals surface area contributed by atoms with Gasteiger partial charge in [-0.3, -0.25) is 14.5 Å². The van der Waals surface area contributed by atoms with Crippen molar-refractivity contribution in [3.8, 4) is 0 Å². The molecule has 4 aromatic rings. The van der Waals surface area contributed by atoms with Gasteiger partial charge in [-0.1, -0.05) is 21.9 Å². The molecule has 0 saturated carbocycles. The number of carbonyl (C=O) groups excluding carboxylic acids is 2. The van der Waals surface area contributed by atoms with Gasteiger partial charge < -0.3 is 36.9 Å². The average Bonchev–Trinajstić information content (AvgIpc) is 3.87. The minimum absolute atomic E-state index is 0.0256. The molecular formula is C32H34ClFN11O6S2+. The average molecular weight is 787 g/mol. The number of thiazole rings is 1. The van der Waals surface area contributed by atoms with Crippen LogP contribution in [0, 0.1) is 5.82 Å². The van der Waals surface area contributed by atoms with Gasteiger partial charge in [0.15, 0.2) is 22.9 Å². The molecule has 0 radical (unpaired) electrons. The fourth-order valence-corrected chi connectivity index (χ4v) is 8.51. The summed E-state index contributed by atoms with van der Waals surface area (Å²) in [6, 6.07) is 3.63. The lowest BCUT2D eigenvalue weighted by molar-refractivity contribution is -0.662. The van der Waals surface area contributed by atoms with Crippen LogP contribution in [0.5, 0.6) is 0 Å². The van der Waals surface area contributed by atoms with E-state index in [1.165, 1.54) is 35.2 Å². The first kappa shape index (κ1) is 36.2. The number of oxime groups is 2. The van der Waals surface area contributed by atoms with E-state index in [1.54, 1.807) is 44.5 Å². The van der Waals surface area contributed by atoms with Crippen molar-refractivity contribution in [1.82, 2.24) is 29.7 Å². The zero-order chi connectivity index (χ0) is 37.4. The van der Waals surface area contributed by atoms with Gasteiger partial charge in [0.05, 0.1) is 23.8 Å². The molecule has 2 saturated heterocycles. The molecule has 1 aromatic carbocycles. The molecule has 7 N–H and O–H groups in total. The van der Waals surface area contributed by atoms with E-state index in [4.69, 9.17) is 32.7 Å². The number of β-lactam (4-membered cyclic amide) rings is 1. The van der Waals surface area contributed by atoms with Crippen LogP contribution in [-0.2, 0) is 37.1 Å². The quantitative estimate of drug-likeness (QED) is 0.0450. The second-order valence-corrected chi connectivity index (χ2v) is 14.7. The molecule has 0 unspecified atom stereocenters. The maximum atomic E-state index is 15.4. The Bertz CT molecular complexity index is 2170. The van der Waals surface area contributed by atoms with Crippen molar-refractivity contribution in [3.63, 3.8) is 0 Å². The van der Waals surface area contributed by atoms with Crippen LogP contribution < -0.4 is 26.7 Å². The second-order valence-electron chi connectivity index (χ2n) is 12.3. The molecule has 53 heavy (non-hydrogen) atoms. The first-order valence-corrected chi connectivity index (χ1v) is 18.6. The lowest BCUT2D eigenvalue weighted by Gasteiger charge is -2.49. The van der Waals surface area contributed by atoms with Crippen molar-refractivity contribution < 1.29 is 38.1 Å². The minimum atomic E-state index is -1.27. The number of fused-ring (bicyclic) bond motifs is 2. The number of nitrogens with zero attached hydrogens (tertiary/aromatic N) is 7. The molecule has 278 valence electrons. The molecule has 21 heteroatoms. The first-order chi connectivity index (χ1) is 25.5. The molecule has 0 spiro atoms. The predicted octanol–water partition coefficient (Wildman–Crippen LogP) is 1.09. The smallest absolute Gasteiger partial charge is 0.352 e. The number of carboxylic acids is 1. The Hall–Kier alpha value is -5.18. The number of piperidine rings is 1. The topological polar surface area (TPSA) is 220 Å². The number of anilines is 1. The number of carbonyl (C=O) groups is 3. The van der Waals surface area contributed by atoms with Crippen molar-refractivity contribution >= 4 is 74.8 Å². The summed E-state index contributed by atoms with van der Waals surface area (Å²) < 4.78 is 20.8. The molecule has 0 aliphatic carbocycles. The van der Waals surface area contributed by atoms with Gasteiger partial charge in [0, 0.05) is 22.3 Å². The van der Waals surface area contributed by atoms with Crippen LogP contribution >= 0.6 is 34.7 Å². The van der Waals surface area contributed by atoms with Crippen molar-refractivity contribution in [3.05, 3.63) is 81.1 Å². The van der Waals surface area contributed by atoms with Crippen molar-refractivity contribution in [2.75, 3.05) is 31.7 Å². The molecule has 3 aromatic heterocycles. The van der Waals surface area contributed by atoms with E-state index in [1.807, 2.05) is 0 Å². The summed E-state index contributed by atoms with van der Waals surface area (Å²) in [7, 11) is 1.27. The summed E-state index contributed by atoms with van der Waals surface area (Å²) in [5.41, 5.74) is 13.4. The Morgan fingerprint density at radius 3 is 2.75 bits per heavy atom. The highest BCUT2D eigenvalue weighted by molar-refractivity contribution is 8.00. The number of nitrogens with one attached hydrogen (secondary N) is 2. The largest absolute Gasteiger partial charge is 0.477 e. The number of imidazole rings is 1. The molecule has 17 nitrogen and oxygen atoms in total. The number of halogens is 2. The Morgan fingerprint density at radius 1 is 1.26 bits per heavy atom. The molecule has 3 aliphatic heterocycles. The number of amidine groups is 1. The monoisotopic (exact) mass is 786 g/mol. The van der Waals surface area contributed by atoms with Gasteiger partial charge in [0.25, 0.3) is 11.8 Å². The van der Waals surface area contributed by atoms with Crippen LogP contribution in [0.2, 0.25) is 5.02 Å². The fourth-order valence-electron chi connectivity index (χ4n) is 6.36. The van der Waals surface area contributed by atoms with Crippen LogP contribution in [0.4, 0.5) is 9.52 Å². The van der Waals surface area contributed by atoms with E-state index in [0.29, 0.717) is 16.8 Å². The molecule has 2 amide bonds. The third-order valence-electron chi connectivity index (χ3n) is 8.99.